The van der Waals surface area contributed by atoms with Crippen LogP contribution in [-0.4, -0.2) is 16.1 Å². The molecule has 0 aliphatic heterocycles. The van der Waals surface area contributed by atoms with E-state index in [1.165, 1.54) is 5.69 Å². The Morgan fingerprint density at radius 2 is 2.07 bits per heavy atom. The van der Waals surface area contributed by atoms with Crippen molar-refractivity contribution < 1.29 is 0 Å². The van der Waals surface area contributed by atoms with E-state index in [0.29, 0.717) is 5.92 Å². The van der Waals surface area contributed by atoms with Gasteiger partial charge in [0.2, 0.25) is 0 Å². The lowest BCUT2D eigenvalue weighted by Gasteiger charge is -2.23. The average Bonchev–Trinajstić information content (AvgIpc) is 2.50. The maximum Gasteiger partial charge on any atom is 0.0953 e. The fraction of sp³-hybridized carbons (Fsp3) is 0.750. The van der Waals surface area contributed by atoms with Gasteiger partial charge in [0.05, 0.1) is 12.0 Å². The molecule has 1 N–H and O–H groups in total. The Labute approximate surface area is 92.9 Å². The molecular formula is C12H23N3. The van der Waals surface area contributed by atoms with Crippen molar-refractivity contribution in [1.82, 2.24) is 14.9 Å². The zero-order chi connectivity index (χ0) is 11.5. The van der Waals surface area contributed by atoms with Crippen LogP contribution < -0.4 is 5.32 Å². The number of aromatic nitrogens is 2. The molecule has 1 rings (SSSR count). The molecule has 15 heavy (non-hydrogen) atoms. The molecule has 3 heteroatoms. The zero-order valence-corrected chi connectivity index (χ0v) is 10.5. The van der Waals surface area contributed by atoms with Crippen LogP contribution in [0.15, 0.2) is 12.5 Å². The fourth-order valence-corrected chi connectivity index (χ4v) is 1.55. The molecule has 0 atom stereocenters. The molecule has 3 nitrogen and oxygen atoms in total. The third-order valence-electron chi connectivity index (χ3n) is 2.30. The summed E-state index contributed by atoms with van der Waals surface area (Å²) in [6.45, 7) is 13.0. The van der Waals surface area contributed by atoms with Crippen molar-refractivity contribution in [1.29, 1.82) is 0 Å². The summed E-state index contributed by atoms with van der Waals surface area (Å²) in [4.78, 5) is 4.21. The number of nitrogens with zero attached hydrogens (tertiary/aromatic N) is 2. The predicted octanol–water partition coefficient (Wildman–Crippen LogP) is 2.38. The summed E-state index contributed by atoms with van der Waals surface area (Å²) in [7, 11) is 0. The van der Waals surface area contributed by atoms with Crippen LogP contribution in [0.2, 0.25) is 0 Å². The Morgan fingerprint density at radius 3 is 2.60 bits per heavy atom. The lowest BCUT2D eigenvalue weighted by atomic mass is 10.1. The molecule has 0 unspecified atom stereocenters. The summed E-state index contributed by atoms with van der Waals surface area (Å²) in [6, 6.07) is 0. The van der Waals surface area contributed by atoms with E-state index in [-0.39, 0.29) is 5.54 Å². The van der Waals surface area contributed by atoms with Crippen molar-refractivity contribution in [2.75, 3.05) is 6.54 Å². The lowest BCUT2D eigenvalue weighted by Crippen LogP contribution is -2.27. The fourth-order valence-electron chi connectivity index (χ4n) is 1.55. The van der Waals surface area contributed by atoms with E-state index in [4.69, 9.17) is 0 Å². The van der Waals surface area contributed by atoms with E-state index < -0.39 is 0 Å². The second kappa shape index (κ2) is 4.79. The van der Waals surface area contributed by atoms with Crippen molar-refractivity contribution in [3.8, 4) is 0 Å². The summed E-state index contributed by atoms with van der Waals surface area (Å²) in [5.74, 6) is 0.691. The molecule has 86 valence electrons. The minimum Gasteiger partial charge on any atom is -0.328 e. The Kier molecular flexibility index (Phi) is 3.91. The monoisotopic (exact) mass is 209 g/mol. The van der Waals surface area contributed by atoms with Gasteiger partial charge in [0.1, 0.15) is 0 Å². The number of hydrogen-bond donors (Lipinski definition) is 1. The van der Waals surface area contributed by atoms with Crippen molar-refractivity contribution in [2.45, 2.75) is 46.7 Å². The molecule has 1 heterocycles. The highest BCUT2D eigenvalue weighted by Gasteiger charge is 2.15. The highest BCUT2D eigenvalue weighted by Crippen LogP contribution is 2.16. The summed E-state index contributed by atoms with van der Waals surface area (Å²) in [6.07, 6.45) is 3.85. The Morgan fingerprint density at radius 1 is 1.40 bits per heavy atom. The number of rotatable bonds is 4. The second-order valence-corrected chi connectivity index (χ2v) is 5.45. The van der Waals surface area contributed by atoms with Crippen LogP contribution in [0.25, 0.3) is 0 Å². The Bertz CT molecular complexity index is 294. The molecule has 0 aliphatic rings. The smallest absolute Gasteiger partial charge is 0.0953 e. The summed E-state index contributed by atoms with van der Waals surface area (Å²) in [5.41, 5.74) is 1.37. The van der Waals surface area contributed by atoms with Crippen molar-refractivity contribution in [2.24, 2.45) is 5.92 Å². The number of hydrogen-bond acceptors (Lipinski definition) is 2. The molecular weight excluding hydrogens is 186 g/mol. The van der Waals surface area contributed by atoms with Gasteiger partial charge in [-0.1, -0.05) is 13.8 Å². The predicted molar refractivity (Wildman–Crippen MR) is 63.8 cm³/mol. The molecule has 0 spiro atoms. The molecule has 0 aliphatic carbocycles. The number of nitrogens with one attached hydrogen (secondary N) is 1. The van der Waals surface area contributed by atoms with E-state index in [1.54, 1.807) is 0 Å². The first-order valence-corrected chi connectivity index (χ1v) is 5.63. The van der Waals surface area contributed by atoms with Gasteiger partial charge in [0.15, 0.2) is 0 Å². The maximum atomic E-state index is 4.21. The highest BCUT2D eigenvalue weighted by atomic mass is 15.1. The molecule has 0 aromatic carbocycles. The van der Waals surface area contributed by atoms with Gasteiger partial charge >= 0.3 is 0 Å². The van der Waals surface area contributed by atoms with Crippen molar-refractivity contribution in [3.05, 3.63) is 18.2 Å². The normalized spacial score (nSPS) is 12.4. The van der Waals surface area contributed by atoms with E-state index in [0.717, 1.165) is 13.1 Å². The molecule has 0 radical (unpaired) electrons. The highest BCUT2D eigenvalue weighted by molar-refractivity contribution is 5.01. The van der Waals surface area contributed by atoms with E-state index in [9.17, 15) is 0 Å². The number of imidazole rings is 1. The quantitative estimate of drug-likeness (QED) is 0.825. The average molecular weight is 209 g/mol. The first-order valence-electron chi connectivity index (χ1n) is 5.63. The van der Waals surface area contributed by atoms with Crippen LogP contribution in [0.3, 0.4) is 0 Å². The third kappa shape index (κ3) is 3.67. The molecule has 1 aromatic rings. The first kappa shape index (κ1) is 12.2. The van der Waals surface area contributed by atoms with Crippen LogP contribution >= 0.6 is 0 Å². The summed E-state index contributed by atoms with van der Waals surface area (Å²) < 4.78 is 2.22. The summed E-state index contributed by atoms with van der Waals surface area (Å²) in [5, 5.41) is 3.44. The van der Waals surface area contributed by atoms with E-state index in [2.05, 4.69) is 49.5 Å². The third-order valence-corrected chi connectivity index (χ3v) is 2.30. The van der Waals surface area contributed by atoms with Crippen LogP contribution in [0, 0.1) is 5.92 Å². The first-order chi connectivity index (χ1) is 6.91. The standard InChI is InChI=1S/C12H23N3/c1-10(2)6-13-7-11-8-14-9-15(11)12(3,4)5/h8-10,13H,6-7H2,1-5H3. The minimum absolute atomic E-state index is 0.116. The van der Waals surface area contributed by atoms with Crippen molar-refractivity contribution in [3.63, 3.8) is 0 Å². The van der Waals surface area contributed by atoms with Gasteiger partial charge in [0.25, 0.3) is 0 Å². The van der Waals surface area contributed by atoms with Crippen LogP contribution in [0.5, 0.6) is 0 Å². The lowest BCUT2D eigenvalue weighted by molar-refractivity contribution is 0.378. The largest absolute Gasteiger partial charge is 0.328 e. The SMILES string of the molecule is CC(C)CNCc1cncn1C(C)(C)C. The molecule has 0 fully saturated rings. The second-order valence-electron chi connectivity index (χ2n) is 5.45. The van der Waals surface area contributed by atoms with Gasteiger partial charge in [-0.2, -0.15) is 0 Å². The molecule has 0 bridgehead atoms. The van der Waals surface area contributed by atoms with Gasteiger partial charge in [-0.05, 0) is 33.2 Å². The van der Waals surface area contributed by atoms with Gasteiger partial charge in [0, 0.05) is 18.3 Å². The molecule has 0 saturated carbocycles. The van der Waals surface area contributed by atoms with Crippen LogP contribution in [0.1, 0.15) is 40.3 Å². The summed E-state index contributed by atoms with van der Waals surface area (Å²) >= 11 is 0. The van der Waals surface area contributed by atoms with Gasteiger partial charge in [-0.3, -0.25) is 0 Å². The van der Waals surface area contributed by atoms with Crippen LogP contribution in [-0.2, 0) is 12.1 Å². The minimum atomic E-state index is 0.116. The molecule has 1 aromatic heterocycles. The molecule has 0 saturated heterocycles. The van der Waals surface area contributed by atoms with Gasteiger partial charge in [-0.25, -0.2) is 4.98 Å². The Hall–Kier alpha value is -0.830. The van der Waals surface area contributed by atoms with Crippen LogP contribution in [0.4, 0.5) is 0 Å². The Balaban J connectivity index is 2.58. The molecule has 0 amide bonds. The van der Waals surface area contributed by atoms with Gasteiger partial charge < -0.3 is 9.88 Å². The topological polar surface area (TPSA) is 29.9 Å². The van der Waals surface area contributed by atoms with Crippen molar-refractivity contribution >= 4 is 0 Å². The maximum absolute atomic E-state index is 4.21. The van der Waals surface area contributed by atoms with E-state index in [1.807, 2.05) is 12.5 Å². The van der Waals surface area contributed by atoms with Gasteiger partial charge in [-0.15, -0.1) is 0 Å². The van der Waals surface area contributed by atoms with E-state index >= 15 is 0 Å². The zero-order valence-electron chi connectivity index (χ0n) is 10.5.